The van der Waals surface area contributed by atoms with Gasteiger partial charge in [-0.05, 0) is 77.4 Å². The van der Waals surface area contributed by atoms with Crippen LogP contribution in [0.15, 0.2) is 0 Å². The van der Waals surface area contributed by atoms with E-state index in [0.717, 1.165) is 23.9 Å². The summed E-state index contributed by atoms with van der Waals surface area (Å²) in [5, 5.41) is 3.88. The average Bonchev–Trinajstić information content (AvgIpc) is 2.62. The quantitative estimate of drug-likeness (QED) is 0.835. The molecule has 2 rings (SSSR count). The van der Waals surface area contributed by atoms with Crippen LogP contribution in [0.1, 0.15) is 65.7 Å². The Bertz CT molecular complexity index is 252. The highest BCUT2D eigenvalue weighted by Crippen LogP contribution is 2.28. The molecule has 1 aliphatic heterocycles. The third-order valence-electron chi connectivity index (χ3n) is 5.23. The molecular formula is C17H34N2. The molecule has 0 spiro atoms. The van der Waals surface area contributed by atoms with Gasteiger partial charge in [0, 0.05) is 12.1 Å². The van der Waals surface area contributed by atoms with Crippen LogP contribution in [0, 0.1) is 11.8 Å². The zero-order valence-electron chi connectivity index (χ0n) is 13.3. The van der Waals surface area contributed by atoms with Gasteiger partial charge in [0.2, 0.25) is 0 Å². The Morgan fingerprint density at radius 3 is 2.63 bits per heavy atom. The molecule has 2 aliphatic rings. The first kappa shape index (κ1) is 15.3. The summed E-state index contributed by atoms with van der Waals surface area (Å²) < 4.78 is 0. The maximum Gasteiger partial charge on any atom is 0.00798 e. The predicted octanol–water partition coefficient (Wildman–Crippen LogP) is 3.67. The lowest BCUT2D eigenvalue weighted by Crippen LogP contribution is -2.36. The Hall–Kier alpha value is -0.0800. The molecule has 0 aromatic heterocycles. The van der Waals surface area contributed by atoms with Gasteiger partial charge in [0.1, 0.15) is 0 Å². The van der Waals surface area contributed by atoms with Crippen molar-refractivity contribution in [1.82, 2.24) is 10.2 Å². The van der Waals surface area contributed by atoms with Crippen molar-refractivity contribution in [3.63, 3.8) is 0 Å². The summed E-state index contributed by atoms with van der Waals surface area (Å²) in [6.45, 7) is 11.0. The number of nitrogens with zero attached hydrogens (tertiary/aromatic N) is 1. The van der Waals surface area contributed by atoms with Crippen molar-refractivity contribution in [3.8, 4) is 0 Å². The molecule has 19 heavy (non-hydrogen) atoms. The molecule has 2 heteroatoms. The van der Waals surface area contributed by atoms with Crippen LogP contribution < -0.4 is 5.32 Å². The van der Waals surface area contributed by atoms with Gasteiger partial charge in [-0.25, -0.2) is 0 Å². The van der Waals surface area contributed by atoms with Gasteiger partial charge in [-0.1, -0.05) is 19.8 Å². The predicted molar refractivity (Wildman–Crippen MR) is 83.5 cm³/mol. The van der Waals surface area contributed by atoms with Gasteiger partial charge in [0.15, 0.2) is 0 Å². The highest BCUT2D eigenvalue weighted by Gasteiger charge is 2.22. The molecule has 112 valence electrons. The fourth-order valence-electron chi connectivity index (χ4n) is 3.92. The van der Waals surface area contributed by atoms with Gasteiger partial charge in [0.25, 0.3) is 0 Å². The van der Waals surface area contributed by atoms with Crippen LogP contribution in [-0.4, -0.2) is 36.6 Å². The van der Waals surface area contributed by atoms with E-state index in [1.54, 1.807) is 0 Å². The second kappa shape index (κ2) is 7.64. The molecule has 1 heterocycles. The second-order valence-electron chi connectivity index (χ2n) is 7.30. The van der Waals surface area contributed by atoms with E-state index in [4.69, 9.17) is 0 Å². The van der Waals surface area contributed by atoms with E-state index in [9.17, 15) is 0 Å². The number of nitrogens with one attached hydrogen (secondary N) is 1. The molecule has 2 fully saturated rings. The number of hydrogen-bond donors (Lipinski definition) is 1. The minimum atomic E-state index is 0.720. The number of likely N-dealkylation sites (tertiary alicyclic amines) is 1. The molecule has 0 amide bonds. The Balaban J connectivity index is 1.68. The summed E-state index contributed by atoms with van der Waals surface area (Å²) in [4.78, 5) is 2.64. The molecule has 0 aromatic rings. The largest absolute Gasteiger partial charge is 0.314 e. The summed E-state index contributed by atoms with van der Waals surface area (Å²) in [6.07, 6.45) is 9.94. The van der Waals surface area contributed by atoms with Crippen LogP contribution in [0.2, 0.25) is 0 Å². The summed E-state index contributed by atoms with van der Waals surface area (Å²) in [6, 6.07) is 1.50. The average molecular weight is 266 g/mol. The van der Waals surface area contributed by atoms with Crippen molar-refractivity contribution >= 4 is 0 Å². The molecule has 2 nitrogen and oxygen atoms in total. The van der Waals surface area contributed by atoms with E-state index >= 15 is 0 Å². The summed E-state index contributed by atoms with van der Waals surface area (Å²) >= 11 is 0. The van der Waals surface area contributed by atoms with Crippen molar-refractivity contribution < 1.29 is 0 Å². The Morgan fingerprint density at radius 2 is 1.89 bits per heavy atom. The standard InChI is InChI=1S/C17H34N2/c1-14(2)19-10-5-8-17(9-11-19)18-13-16-7-4-6-15(3)12-16/h14-18H,4-13H2,1-3H3. The second-order valence-corrected chi connectivity index (χ2v) is 7.30. The van der Waals surface area contributed by atoms with E-state index in [0.29, 0.717) is 0 Å². The third-order valence-corrected chi connectivity index (χ3v) is 5.23. The van der Waals surface area contributed by atoms with E-state index in [1.165, 1.54) is 64.6 Å². The zero-order valence-corrected chi connectivity index (χ0v) is 13.3. The normalized spacial score (nSPS) is 34.4. The van der Waals surface area contributed by atoms with E-state index in [2.05, 4.69) is 31.0 Å². The van der Waals surface area contributed by atoms with Gasteiger partial charge in [-0.3, -0.25) is 0 Å². The van der Waals surface area contributed by atoms with Crippen LogP contribution >= 0.6 is 0 Å². The van der Waals surface area contributed by atoms with Gasteiger partial charge in [-0.15, -0.1) is 0 Å². The minimum absolute atomic E-state index is 0.720. The van der Waals surface area contributed by atoms with E-state index in [1.807, 2.05) is 0 Å². The minimum Gasteiger partial charge on any atom is -0.314 e. The smallest absolute Gasteiger partial charge is 0.00798 e. The third kappa shape index (κ3) is 5.07. The molecule has 0 radical (unpaired) electrons. The molecule has 3 atom stereocenters. The van der Waals surface area contributed by atoms with Crippen molar-refractivity contribution in [3.05, 3.63) is 0 Å². The van der Waals surface area contributed by atoms with E-state index < -0.39 is 0 Å². The van der Waals surface area contributed by atoms with Crippen molar-refractivity contribution in [1.29, 1.82) is 0 Å². The Kier molecular flexibility index (Phi) is 6.15. The number of hydrogen-bond acceptors (Lipinski definition) is 2. The van der Waals surface area contributed by atoms with Crippen molar-refractivity contribution in [2.45, 2.75) is 77.8 Å². The van der Waals surface area contributed by atoms with Crippen LogP contribution in [0.3, 0.4) is 0 Å². The van der Waals surface area contributed by atoms with Crippen LogP contribution in [0.4, 0.5) is 0 Å². The molecule has 0 bridgehead atoms. The Morgan fingerprint density at radius 1 is 1.05 bits per heavy atom. The van der Waals surface area contributed by atoms with Crippen LogP contribution in [0.25, 0.3) is 0 Å². The molecule has 1 aliphatic carbocycles. The monoisotopic (exact) mass is 266 g/mol. The maximum atomic E-state index is 3.88. The fraction of sp³-hybridized carbons (Fsp3) is 1.00. The molecule has 3 unspecified atom stereocenters. The van der Waals surface area contributed by atoms with Gasteiger partial charge >= 0.3 is 0 Å². The first-order chi connectivity index (χ1) is 9.15. The molecule has 1 N–H and O–H groups in total. The lowest BCUT2D eigenvalue weighted by molar-refractivity contribution is 0.227. The van der Waals surface area contributed by atoms with Gasteiger partial charge < -0.3 is 10.2 Å². The highest BCUT2D eigenvalue weighted by atomic mass is 15.1. The summed E-state index contributed by atoms with van der Waals surface area (Å²) in [5.41, 5.74) is 0. The summed E-state index contributed by atoms with van der Waals surface area (Å²) in [5.74, 6) is 1.92. The molecular weight excluding hydrogens is 232 g/mol. The first-order valence-corrected chi connectivity index (χ1v) is 8.62. The summed E-state index contributed by atoms with van der Waals surface area (Å²) in [7, 11) is 0. The van der Waals surface area contributed by atoms with E-state index in [-0.39, 0.29) is 0 Å². The van der Waals surface area contributed by atoms with Gasteiger partial charge in [0.05, 0.1) is 0 Å². The highest BCUT2D eigenvalue weighted by molar-refractivity contribution is 4.79. The van der Waals surface area contributed by atoms with Crippen molar-refractivity contribution in [2.24, 2.45) is 11.8 Å². The van der Waals surface area contributed by atoms with Gasteiger partial charge in [-0.2, -0.15) is 0 Å². The van der Waals surface area contributed by atoms with Crippen molar-refractivity contribution in [2.75, 3.05) is 19.6 Å². The molecule has 1 saturated heterocycles. The molecule has 0 aromatic carbocycles. The topological polar surface area (TPSA) is 15.3 Å². The lowest BCUT2D eigenvalue weighted by atomic mass is 9.82. The molecule has 1 saturated carbocycles. The van der Waals surface area contributed by atoms with Crippen LogP contribution in [0.5, 0.6) is 0 Å². The fourth-order valence-corrected chi connectivity index (χ4v) is 3.92. The SMILES string of the molecule is CC1CCCC(CNC2CCCN(C(C)C)CC2)C1. The number of rotatable bonds is 4. The maximum absolute atomic E-state index is 3.88. The zero-order chi connectivity index (χ0) is 13.7. The Labute approximate surface area is 120 Å². The lowest BCUT2D eigenvalue weighted by Gasteiger charge is -2.29. The van der Waals surface area contributed by atoms with Crippen LogP contribution in [-0.2, 0) is 0 Å². The first-order valence-electron chi connectivity index (χ1n) is 8.62.